The lowest BCUT2D eigenvalue weighted by molar-refractivity contribution is -0.138. The van der Waals surface area contributed by atoms with Gasteiger partial charge in [-0.25, -0.2) is 24.4 Å². The normalized spacial score (nSPS) is 12.6. The van der Waals surface area contributed by atoms with Crippen molar-refractivity contribution in [3.8, 4) is 11.3 Å². The Morgan fingerprint density at radius 3 is 2.68 bits per heavy atom. The van der Waals surface area contributed by atoms with Crippen LogP contribution in [-0.2, 0) is 12.7 Å². The average Bonchev–Trinajstić information content (AvgIpc) is 2.81. The van der Waals surface area contributed by atoms with Gasteiger partial charge in [-0.15, -0.1) is 0 Å². The second-order valence-corrected chi connectivity index (χ2v) is 8.55. The van der Waals surface area contributed by atoms with Crippen molar-refractivity contribution in [3.63, 3.8) is 0 Å². The van der Waals surface area contributed by atoms with Crippen molar-refractivity contribution in [2.75, 3.05) is 11.1 Å². The van der Waals surface area contributed by atoms with Crippen LogP contribution in [0.3, 0.4) is 0 Å². The van der Waals surface area contributed by atoms with Crippen molar-refractivity contribution in [2.24, 2.45) is 0 Å². The maximum absolute atomic E-state index is 14.8. The fraction of sp³-hybridized carbons (Fsp3) is 0.273. The van der Waals surface area contributed by atoms with Gasteiger partial charge in [0.25, 0.3) is 11.1 Å². The van der Waals surface area contributed by atoms with Crippen LogP contribution in [0.1, 0.15) is 25.3 Å². The highest BCUT2D eigenvalue weighted by atomic mass is 35.5. The van der Waals surface area contributed by atoms with Crippen LogP contribution in [-0.4, -0.2) is 35.8 Å². The molecule has 15 heteroatoms. The van der Waals surface area contributed by atoms with Crippen LogP contribution in [0, 0.1) is 5.82 Å². The van der Waals surface area contributed by atoms with Crippen LogP contribution in [0.15, 0.2) is 40.4 Å². The molecule has 0 amide bonds. The molecule has 0 aliphatic carbocycles. The predicted octanol–water partition coefficient (Wildman–Crippen LogP) is 3.61. The zero-order chi connectivity index (χ0) is 26.9. The van der Waals surface area contributed by atoms with Gasteiger partial charge in [0.2, 0.25) is 0 Å². The fourth-order valence-electron chi connectivity index (χ4n) is 3.75. The molecule has 3 heterocycles. The number of nitrogen functional groups attached to an aromatic ring is 1. The van der Waals surface area contributed by atoms with Gasteiger partial charge in [-0.2, -0.15) is 18.3 Å². The molecule has 1 atom stereocenters. The van der Waals surface area contributed by atoms with Crippen molar-refractivity contribution in [1.82, 2.24) is 29.7 Å². The van der Waals surface area contributed by atoms with Gasteiger partial charge in [-0.05, 0) is 31.9 Å². The number of fused-ring (bicyclic) bond motifs is 1. The smallest absolute Gasteiger partial charge is 0.381 e. The lowest BCUT2D eigenvalue weighted by Gasteiger charge is -2.18. The van der Waals surface area contributed by atoms with Gasteiger partial charge in [-0.1, -0.05) is 11.6 Å². The number of nitrogens with two attached hydrogens (primary N) is 1. The van der Waals surface area contributed by atoms with E-state index in [1.54, 1.807) is 12.0 Å². The highest BCUT2D eigenvalue weighted by Gasteiger charge is 2.37. The van der Waals surface area contributed by atoms with E-state index in [1.807, 2.05) is 0 Å². The highest BCUT2D eigenvalue weighted by Crippen LogP contribution is 2.32. The topological polar surface area (TPSA) is 144 Å². The van der Waals surface area contributed by atoms with Crippen molar-refractivity contribution in [2.45, 2.75) is 38.5 Å². The molecule has 0 radical (unpaired) electrons. The molecule has 194 valence electrons. The van der Waals surface area contributed by atoms with E-state index in [2.05, 4.69) is 25.4 Å². The van der Waals surface area contributed by atoms with E-state index in [0.29, 0.717) is 12.8 Å². The molecule has 0 fully saturated rings. The van der Waals surface area contributed by atoms with E-state index in [4.69, 9.17) is 17.3 Å². The number of H-pyrrole nitrogens is 1. The first-order valence-electron chi connectivity index (χ1n) is 10.8. The van der Waals surface area contributed by atoms with E-state index < -0.39 is 40.4 Å². The molecule has 10 nitrogen and oxygen atoms in total. The number of alkyl halides is 3. The number of aryl methyl sites for hydroxylation is 1. The number of halogens is 5. The minimum Gasteiger partial charge on any atom is -0.381 e. The van der Waals surface area contributed by atoms with Crippen molar-refractivity contribution in [1.29, 1.82) is 0 Å². The summed E-state index contributed by atoms with van der Waals surface area (Å²) in [7, 11) is 0. The third-order valence-electron chi connectivity index (χ3n) is 5.52. The maximum Gasteiger partial charge on any atom is 0.423 e. The minimum atomic E-state index is -4.86. The molecule has 4 N–H and O–H groups in total. The molecule has 37 heavy (non-hydrogen) atoms. The fourth-order valence-corrected chi connectivity index (χ4v) is 3.84. The van der Waals surface area contributed by atoms with Crippen LogP contribution in [0.25, 0.3) is 22.2 Å². The second kappa shape index (κ2) is 10.1. The number of nitrogens with zero attached hydrogens (tertiary/aromatic N) is 5. The van der Waals surface area contributed by atoms with Gasteiger partial charge in [0.05, 0.1) is 41.0 Å². The van der Waals surface area contributed by atoms with Crippen LogP contribution in [0.5, 0.6) is 0 Å². The number of hydrogen-bond donors (Lipinski definition) is 3. The molecule has 0 saturated heterocycles. The van der Waals surface area contributed by atoms with Crippen LogP contribution >= 0.6 is 11.6 Å². The Morgan fingerprint density at radius 2 is 1.97 bits per heavy atom. The Balaban J connectivity index is 1.48. The molecular weight excluding hydrogens is 520 g/mol. The van der Waals surface area contributed by atoms with E-state index in [9.17, 15) is 27.2 Å². The molecule has 4 aromatic rings. The van der Waals surface area contributed by atoms with Crippen molar-refractivity contribution in [3.05, 3.63) is 68.1 Å². The summed E-state index contributed by atoms with van der Waals surface area (Å²) in [6.45, 7) is 1.81. The zero-order valence-corrected chi connectivity index (χ0v) is 19.9. The van der Waals surface area contributed by atoms with Crippen molar-refractivity contribution >= 4 is 34.0 Å². The summed E-state index contributed by atoms with van der Waals surface area (Å²) in [6.07, 6.45) is -0.693. The van der Waals surface area contributed by atoms with Gasteiger partial charge < -0.3 is 11.1 Å². The van der Waals surface area contributed by atoms with Crippen LogP contribution in [0.4, 0.5) is 29.1 Å². The minimum absolute atomic E-state index is 0.0228. The SMILES string of the molecule is C[C@@H](CCCn1cnc2cc(-c3cnc(Cl)c(N)n3)c(F)cc2c1=O)Nc1cn[nH]c(=O)c1C(F)(F)F. The summed E-state index contributed by atoms with van der Waals surface area (Å²) in [5, 5.41) is 7.84. The number of nitrogens with one attached hydrogen (secondary N) is 2. The number of aromatic nitrogens is 6. The third kappa shape index (κ3) is 5.53. The number of rotatable bonds is 7. The molecule has 4 rings (SSSR count). The van der Waals surface area contributed by atoms with E-state index >= 15 is 0 Å². The largest absolute Gasteiger partial charge is 0.423 e. The van der Waals surface area contributed by atoms with Crippen LogP contribution in [0.2, 0.25) is 5.15 Å². The summed E-state index contributed by atoms with van der Waals surface area (Å²) >= 11 is 5.76. The Hall–Kier alpha value is -4.07. The summed E-state index contributed by atoms with van der Waals surface area (Å²) in [6, 6.07) is 1.92. The molecule has 0 unspecified atom stereocenters. The standard InChI is InChI=1S/C22H19ClF4N8O2/c1-10(32-16-8-31-34-20(36)17(16)22(25,26)27)3-2-4-35-9-30-14-6-11(13(24)5-12(14)21(35)37)15-7-29-18(23)19(28)33-15/h5-10H,2-4H2,1H3,(H2,28,33)(H2,32,34,36)/t10-/m0/s1. The van der Waals surface area contributed by atoms with Gasteiger partial charge in [0.15, 0.2) is 11.0 Å². The summed E-state index contributed by atoms with van der Waals surface area (Å²) in [5.41, 5.74) is 2.39. The number of anilines is 2. The van der Waals surface area contributed by atoms with Gasteiger partial charge in [0.1, 0.15) is 11.4 Å². The van der Waals surface area contributed by atoms with E-state index in [-0.39, 0.29) is 39.7 Å². The van der Waals surface area contributed by atoms with Gasteiger partial charge in [-0.3, -0.25) is 14.2 Å². The molecule has 0 bridgehead atoms. The first-order chi connectivity index (χ1) is 17.5. The Kier molecular flexibility index (Phi) is 7.12. The predicted molar refractivity (Wildman–Crippen MR) is 129 cm³/mol. The maximum atomic E-state index is 14.8. The molecule has 0 aliphatic heterocycles. The molecular formula is C22H19ClF4N8O2. The Labute approximate surface area is 210 Å². The monoisotopic (exact) mass is 538 g/mol. The van der Waals surface area contributed by atoms with Crippen LogP contribution < -0.4 is 22.2 Å². The van der Waals surface area contributed by atoms with Gasteiger partial charge >= 0.3 is 6.18 Å². The highest BCUT2D eigenvalue weighted by molar-refractivity contribution is 6.31. The first-order valence-corrected chi connectivity index (χ1v) is 11.2. The van der Waals surface area contributed by atoms with E-state index in [0.717, 1.165) is 12.3 Å². The van der Waals surface area contributed by atoms with E-state index in [1.165, 1.54) is 23.2 Å². The number of hydrogen-bond acceptors (Lipinski definition) is 8. The molecule has 0 spiro atoms. The Morgan fingerprint density at radius 1 is 1.22 bits per heavy atom. The zero-order valence-electron chi connectivity index (χ0n) is 19.1. The lowest BCUT2D eigenvalue weighted by atomic mass is 10.1. The molecule has 1 aromatic carbocycles. The lowest BCUT2D eigenvalue weighted by Crippen LogP contribution is -2.27. The molecule has 0 saturated carbocycles. The Bertz CT molecular complexity index is 1590. The average molecular weight is 539 g/mol. The van der Waals surface area contributed by atoms with Gasteiger partial charge in [0, 0.05) is 18.2 Å². The summed E-state index contributed by atoms with van der Waals surface area (Å²) in [4.78, 5) is 36.6. The molecule has 0 aliphatic rings. The first kappa shape index (κ1) is 26.0. The summed E-state index contributed by atoms with van der Waals surface area (Å²) < 4.78 is 55.7. The quantitative estimate of drug-likeness (QED) is 0.303. The number of benzene rings is 1. The second-order valence-electron chi connectivity index (χ2n) is 8.20. The van der Waals surface area contributed by atoms with Crippen molar-refractivity contribution < 1.29 is 17.6 Å². The number of aromatic amines is 1. The third-order valence-corrected chi connectivity index (χ3v) is 5.81. The summed E-state index contributed by atoms with van der Waals surface area (Å²) in [5.74, 6) is -0.805. The molecule has 3 aromatic heterocycles.